The number of ether oxygens (including phenoxy) is 3. The maximum atomic E-state index is 14.2. The van der Waals surface area contributed by atoms with Crippen molar-refractivity contribution in [2.45, 2.75) is 31.8 Å². The Bertz CT molecular complexity index is 1030. The quantitative estimate of drug-likeness (QED) is 0.474. The molecule has 3 aromatic rings. The number of fused-ring (bicyclic) bond motifs is 1. The minimum atomic E-state index is -0.469. The van der Waals surface area contributed by atoms with Crippen LogP contribution in [0.1, 0.15) is 25.7 Å². The Morgan fingerprint density at radius 2 is 1.93 bits per heavy atom. The van der Waals surface area contributed by atoms with Gasteiger partial charge in [0.25, 0.3) is 0 Å². The number of halogens is 2. The minimum Gasteiger partial charge on any atom is -0.493 e. The van der Waals surface area contributed by atoms with Gasteiger partial charge in [-0.05, 0) is 37.1 Å². The van der Waals surface area contributed by atoms with Crippen LogP contribution in [0.15, 0.2) is 36.7 Å². The molecule has 1 aliphatic carbocycles. The van der Waals surface area contributed by atoms with Gasteiger partial charge in [-0.1, -0.05) is 24.4 Å². The summed E-state index contributed by atoms with van der Waals surface area (Å²) in [5.41, 5.74) is 0.914. The fourth-order valence-corrected chi connectivity index (χ4v) is 3.73. The highest BCUT2D eigenvalue weighted by atomic mass is 35.5. The predicted molar refractivity (Wildman–Crippen MR) is 114 cm³/mol. The average molecular weight is 432 g/mol. The van der Waals surface area contributed by atoms with Gasteiger partial charge >= 0.3 is 0 Å². The Hall–Kier alpha value is -2.64. The zero-order chi connectivity index (χ0) is 20.9. The van der Waals surface area contributed by atoms with E-state index < -0.39 is 5.82 Å². The number of aromatic nitrogens is 2. The fraction of sp³-hybridized carbons (Fsp3) is 0.364. The van der Waals surface area contributed by atoms with Crippen LogP contribution < -0.4 is 14.8 Å². The number of hydrogen-bond donors (Lipinski definition) is 1. The molecular weight excluding hydrogens is 409 g/mol. The molecule has 0 saturated heterocycles. The Balaban J connectivity index is 1.52. The first-order chi connectivity index (χ1) is 14.6. The van der Waals surface area contributed by atoms with Gasteiger partial charge in [0, 0.05) is 16.5 Å². The van der Waals surface area contributed by atoms with Crippen molar-refractivity contribution >= 4 is 34.0 Å². The van der Waals surface area contributed by atoms with Crippen LogP contribution in [0.3, 0.4) is 0 Å². The average Bonchev–Trinajstić information content (AvgIpc) is 3.26. The molecule has 0 amide bonds. The van der Waals surface area contributed by atoms with Crippen molar-refractivity contribution in [3.05, 3.63) is 47.5 Å². The van der Waals surface area contributed by atoms with Crippen LogP contribution in [-0.2, 0) is 4.74 Å². The molecule has 0 bridgehead atoms. The normalized spacial score (nSPS) is 14.2. The van der Waals surface area contributed by atoms with Crippen molar-refractivity contribution in [3.8, 4) is 11.5 Å². The number of rotatable bonds is 8. The molecule has 2 aromatic carbocycles. The van der Waals surface area contributed by atoms with Gasteiger partial charge in [0.1, 0.15) is 24.6 Å². The Labute approximate surface area is 179 Å². The zero-order valence-corrected chi connectivity index (χ0v) is 17.4. The largest absolute Gasteiger partial charge is 0.493 e. The van der Waals surface area contributed by atoms with Gasteiger partial charge in [-0.15, -0.1) is 0 Å². The van der Waals surface area contributed by atoms with Gasteiger partial charge in [-0.25, -0.2) is 14.4 Å². The number of hydrogen-bond acceptors (Lipinski definition) is 6. The van der Waals surface area contributed by atoms with Crippen molar-refractivity contribution in [1.82, 2.24) is 9.97 Å². The standard InChI is InChI=1S/C22H23ClFN3O3/c1-28-20-11-16-19(12-21(20)30-9-8-29-15-4-2-3-5-15)25-13-26-22(16)27-18-7-6-14(23)10-17(18)24/h6-7,10-13,15H,2-5,8-9H2,1H3,(H,25,26,27). The molecule has 158 valence electrons. The van der Waals surface area contributed by atoms with Crippen LogP contribution in [0.5, 0.6) is 11.5 Å². The number of nitrogens with zero attached hydrogens (tertiary/aromatic N) is 2. The van der Waals surface area contributed by atoms with E-state index in [-0.39, 0.29) is 5.69 Å². The molecule has 0 radical (unpaired) electrons. The molecule has 30 heavy (non-hydrogen) atoms. The second-order valence-corrected chi connectivity index (χ2v) is 7.55. The first-order valence-corrected chi connectivity index (χ1v) is 10.3. The monoisotopic (exact) mass is 431 g/mol. The van der Waals surface area contributed by atoms with Crippen LogP contribution in [-0.4, -0.2) is 36.4 Å². The van der Waals surface area contributed by atoms with Gasteiger partial charge in [-0.2, -0.15) is 0 Å². The first kappa shape index (κ1) is 20.6. The summed E-state index contributed by atoms with van der Waals surface area (Å²) >= 11 is 5.83. The lowest BCUT2D eigenvalue weighted by atomic mass is 10.2. The molecule has 0 spiro atoms. The molecule has 0 aliphatic heterocycles. The molecule has 0 unspecified atom stereocenters. The zero-order valence-electron chi connectivity index (χ0n) is 16.7. The van der Waals surface area contributed by atoms with Crippen LogP contribution in [0.25, 0.3) is 10.9 Å². The summed E-state index contributed by atoms with van der Waals surface area (Å²) in [6.45, 7) is 0.947. The summed E-state index contributed by atoms with van der Waals surface area (Å²) in [5.74, 6) is 1.10. The predicted octanol–water partition coefficient (Wildman–Crippen LogP) is 5.51. The Morgan fingerprint density at radius 3 is 2.70 bits per heavy atom. The lowest BCUT2D eigenvalue weighted by Crippen LogP contribution is -2.14. The van der Waals surface area contributed by atoms with E-state index in [9.17, 15) is 4.39 Å². The van der Waals surface area contributed by atoms with Gasteiger partial charge in [0.05, 0.1) is 31.0 Å². The van der Waals surface area contributed by atoms with E-state index in [0.717, 1.165) is 12.8 Å². The lowest BCUT2D eigenvalue weighted by Gasteiger charge is -2.15. The SMILES string of the molecule is COc1cc2c(Nc3ccc(Cl)cc3F)ncnc2cc1OCCOC1CCCC1. The minimum absolute atomic E-state index is 0.266. The second-order valence-electron chi connectivity index (χ2n) is 7.12. The van der Waals surface area contributed by atoms with Crippen LogP contribution in [0.4, 0.5) is 15.9 Å². The van der Waals surface area contributed by atoms with Gasteiger partial charge < -0.3 is 19.5 Å². The number of anilines is 2. The summed E-state index contributed by atoms with van der Waals surface area (Å²) in [6.07, 6.45) is 6.49. The molecule has 1 aromatic heterocycles. The van der Waals surface area contributed by atoms with Gasteiger partial charge in [0.15, 0.2) is 11.5 Å². The summed E-state index contributed by atoms with van der Waals surface area (Å²) in [4.78, 5) is 8.57. The highest BCUT2D eigenvalue weighted by Crippen LogP contribution is 2.35. The maximum absolute atomic E-state index is 14.2. The summed E-state index contributed by atoms with van der Waals surface area (Å²) in [6, 6.07) is 7.97. The molecule has 1 N–H and O–H groups in total. The third-order valence-electron chi connectivity index (χ3n) is 5.10. The molecule has 1 saturated carbocycles. The molecule has 8 heteroatoms. The molecule has 1 heterocycles. The second kappa shape index (κ2) is 9.45. The lowest BCUT2D eigenvalue weighted by molar-refractivity contribution is 0.0378. The number of methoxy groups -OCH3 is 1. The highest BCUT2D eigenvalue weighted by molar-refractivity contribution is 6.30. The molecule has 1 aliphatic rings. The smallest absolute Gasteiger partial charge is 0.163 e. The number of benzene rings is 2. The van der Waals surface area contributed by atoms with Crippen LogP contribution >= 0.6 is 11.6 Å². The molecule has 0 atom stereocenters. The summed E-state index contributed by atoms with van der Waals surface area (Å²) in [5, 5.41) is 4.00. The fourth-order valence-electron chi connectivity index (χ4n) is 3.58. The summed E-state index contributed by atoms with van der Waals surface area (Å²) < 4.78 is 31.4. The topological polar surface area (TPSA) is 65.5 Å². The molecular formula is C22H23ClFN3O3. The maximum Gasteiger partial charge on any atom is 0.163 e. The molecule has 1 fully saturated rings. The van der Waals surface area contributed by atoms with Crippen molar-refractivity contribution in [2.75, 3.05) is 25.6 Å². The van der Waals surface area contributed by atoms with Gasteiger partial charge in [-0.3, -0.25) is 0 Å². The van der Waals surface area contributed by atoms with Crippen molar-refractivity contribution < 1.29 is 18.6 Å². The van der Waals surface area contributed by atoms with Crippen molar-refractivity contribution in [1.29, 1.82) is 0 Å². The number of nitrogens with one attached hydrogen (secondary N) is 1. The van der Waals surface area contributed by atoms with Crippen molar-refractivity contribution in [2.24, 2.45) is 0 Å². The van der Waals surface area contributed by atoms with Crippen LogP contribution in [0, 0.1) is 5.82 Å². The Kier molecular flexibility index (Phi) is 6.50. The Morgan fingerprint density at radius 1 is 1.10 bits per heavy atom. The molecule has 4 rings (SSSR count). The molecule has 6 nitrogen and oxygen atoms in total. The third kappa shape index (κ3) is 4.74. The van der Waals surface area contributed by atoms with Crippen LogP contribution in [0.2, 0.25) is 5.02 Å². The van der Waals surface area contributed by atoms with Crippen molar-refractivity contribution in [3.63, 3.8) is 0 Å². The van der Waals surface area contributed by atoms with E-state index in [4.69, 9.17) is 25.8 Å². The van der Waals surface area contributed by atoms with E-state index >= 15 is 0 Å². The van der Waals surface area contributed by atoms with E-state index in [0.29, 0.717) is 52.6 Å². The highest BCUT2D eigenvalue weighted by Gasteiger charge is 2.16. The van der Waals surface area contributed by atoms with E-state index in [1.807, 2.05) is 0 Å². The first-order valence-electron chi connectivity index (χ1n) is 9.93. The van der Waals surface area contributed by atoms with E-state index in [1.165, 1.54) is 25.2 Å². The van der Waals surface area contributed by atoms with E-state index in [2.05, 4.69) is 15.3 Å². The van der Waals surface area contributed by atoms with E-state index in [1.54, 1.807) is 31.4 Å². The van der Waals surface area contributed by atoms with Gasteiger partial charge in [0.2, 0.25) is 0 Å². The third-order valence-corrected chi connectivity index (χ3v) is 5.34. The summed E-state index contributed by atoms with van der Waals surface area (Å²) in [7, 11) is 1.57.